The molecule has 4 rings (SSSR count). The number of aromatic amines is 1. The summed E-state index contributed by atoms with van der Waals surface area (Å²) in [5.74, 6) is 0.156. The smallest absolute Gasteiger partial charge is 0.320 e. The average molecular weight is 478 g/mol. The molecule has 0 radical (unpaired) electrons. The predicted octanol–water partition coefficient (Wildman–Crippen LogP) is 3.20. The lowest BCUT2D eigenvalue weighted by Gasteiger charge is -2.22. The van der Waals surface area contributed by atoms with E-state index in [2.05, 4.69) is 25.9 Å². The Bertz CT molecular complexity index is 1160. The number of nitrogens with zero attached hydrogens (tertiary/aromatic N) is 3. The van der Waals surface area contributed by atoms with E-state index in [1.807, 2.05) is 6.07 Å². The van der Waals surface area contributed by atoms with Crippen LogP contribution in [0.2, 0.25) is 0 Å². The number of benzene rings is 1. The van der Waals surface area contributed by atoms with Crippen LogP contribution in [0, 0.1) is 0 Å². The molecular formula is C19H20BrN5O3S. The number of halogens is 1. The van der Waals surface area contributed by atoms with Gasteiger partial charge in [-0.25, -0.2) is 13.2 Å². The Hall–Kier alpha value is -2.43. The van der Waals surface area contributed by atoms with Gasteiger partial charge in [-0.15, -0.1) is 0 Å². The molecule has 3 heterocycles. The van der Waals surface area contributed by atoms with Crippen LogP contribution in [0.3, 0.4) is 0 Å². The van der Waals surface area contributed by atoms with Crippen LogP contribution >= 0.6 is 15.9 Å². The lowest BCUT2D eigenvalue weighted by atomic mass is 10.2. The number of nitrogens with two attached hydrogens (primary N) is 1. The molecule has 0 spiro atoms. The monoisotopic (exact) mass is 477 g/mol. The number of amides is 2. The summed E-state index contributed by atoms with van der Waals surface area (Å²) in [7, 11) is -3.83. The number of sulfonamides is 1. The van der Waals surface area contributed by atoms with Crippen LogP contribution < -0.4 is 10.6 Å². The van der Waals surface area contributed by atoms with Gasteiger partial charge in [0.25, 0.3) is 0 Å². The summed E-state index contributed by atoms with van der Waals surface area (Å²) in [4.78, 5) is 20.9. The normalized spacial score (nSPS) is 15.1. The van der Waals surface area contributed by atoms with E-state index in [9.17, 15) is 13.2 Å². The third-order valence-electron chi connectivity index (χ3n) is 4.94. The maximum Gasteiger partial charge on any atom is 0.320 e. The highest BCUT2D eigenvalue weighted by Gasteiger charge is 2.35. The molecular weight excluding hydrogens is 458 g/mol. The standard InChI is InChI=1S/C19H20BrN5O3S/c20-13-6-7-16-15(11-13)17(29(27,28)24-9-3-4-10-24)18(23-16)25(19(21)26)12-14-5-1-2-8-22-14/h1-2,5-8,11,23H,3-4,9-10,12H2,(H2,21,26). The van der Waals surface area contributed by atoms with Crippen molar-refractivity contribution in [3.05, 3.63) is 52.8 Å². The molecule has 8 nitrogen and oxygen atoms in total. The van der Waals surface area contributed by atoms with E-state index in [-0.39, 0.29) is 17.3 Å². The summed E-state index contributed by atoms with van der Waals surface area (Å²) in [6.45, 7) is 0.964. The third kappa shape index (κ3) is 3.75. The molecule has 29 heavy (non-hydrogen) atoms. The minimum atomic E-state index is -3.83. The molecule has 0 saturated carbocycles. The van der Waals surface area contributed by atoms with Crippen LogP contribution in [-0.2, 0) is 16.6 Å². The summed E-state index contributed by atoms with van der Waals surface area (Å²) in [5.41, 5.74) is 6.85. The highest BCUT2D eigenvalue weighted by molar-refractivity contribution is 9.10. The number of anilines is 1. The second kappa shape index (κ2) is 7.77. The number of aromatic nitrogens is 2. The number of pyridine rings is 1. The van der Waals surface area contributed by atoms with Gasteiger partial charge in [-0.1, -0.05) is 22.0 Å². The van der Waals surface area contributed by atoms with Crippen LogP contribution in [0.1, 0.15) is 18.5 Å². The second-order valence-corrected chi connectivity index (χ2v) is 9.64. The zero-order valence-electron chi connectivity index (χ0n) is 15.5. The SMILES string of the molecule is NC(=O)N(Cc1ccccn1)c1[nH]c2ccc(Br)cc2c1S(=O)(=O)N1CCCC1. The Kier molecular flexibility index (Phi) is 5.32. The minimum absolute atomic E-state index is 0.0483. The summed E-state index contributed by atoms with van der Waals surface area (Å²) < 4.78 is 29.2. The molecule has 1 aromatic carbocycles. The summed E-state index contributed by atoms with van der Waals surface area (Å²) in [6.07, 6.45) is 3.24. The van der Waals surface area contributed by atoms with Gasteiger partial charge < -0.3 is 10.7 Å². The number of urea groups is 1. The Balaban J connectivity index is 1.92. The number of H-pyrrole nitrogens is 1. The molecule has 2 amide bonds. The second-order valence-electron chi connectivity index (χ2n) is 6.85. The lowest BCUT2D eigenvalue weighted by molar-refractivity contribution is 0.253. The predicted molar refractivity (Wildman–Crippen MR) is 114 cm³/mol. The fourth-order valence-corrected chi connectivity index (χ4v) is 5.77. The molecule has 152 valence electrons. The quantitative estimate of drug-likeness (QED) is 0.587. The van der Waals surface area contributed by atoms with Crippen LogP contribution in [0.5, 0.6) is 0 Å². The number of carbonyl (C=O) groups excluding carboxylic acids is 1. The van der Waals surface area contributed by atoms with E-state index in [0.29, 0.717) is 29.7 Å². The minimum Gasteiger partial charge on any atom is -0.351 e. The van der Waals surface area contributed by atoms with Crippen molar-refractivity contribution in [1.29, 1.82) is 0 Å². The molecule has 10 heteroatoms. The molecule has 1 fully saturated rings. The number of rotatable bonds is 5. The van der Waals surface area contributed by atoms with Crippen LogP contribution in [0.15, 0.2) is 52.0 Å². The van der Waals surface area contributed by atoms with E-state index in [0.717, 1.165) is 17.3 Å². The molecule has 1 aliphatic heterocycles. The molecule has 3 N–H and O–H groups in total. The van der Waals surface area contributed by atoms with Crippen molar-refractivity contribution in [3.8, 4) is 0 Å². The maximum absolute atomic E-state index is 13.5. The lowest BCUT2D eigenvalue weighted by Crippen LogP contribution is -2.37. The van der Waals surface area contributed by atoms with E-state index in [1.54, 1.807) is 36.5 Å². The van der Waals surface area contributed by atoms with Gasteiger partial charge in [0.1, 0.15) is 10.7 Å². The van der Waals surface area contributed by atoms with Crippen molar-refractivity contribution in [3.63, 3.8) is 0 Å². The molecule has 1 aliphatic rings. The Morgan fingerprint density at radius 1 is 1.24 bits per heavy atom. The van der Waals surface area contributed by atoms with E-state index in [4.69, 9.17) is 5.73 Å². The van der Waals surface area contributed by atoms with Gasteiger partial charge in [0, 0.05) is 34.7 Å². The maximum atomic E-state index is 13.5. The summed E-state index contributed by atoms with van der Waals surface area (Å²) in [5, 5.41) is 0.508. The van der Waals surface area contributed by atoms with Crippen molar-refractivity contribution in [2.75, 3.05) is 18.0 Å². The van der Waals surface area contributed by atoms with E-state index >= 15 is 0 Å². The molecule has 0 unspecified atom stereocenters. The first-order valence-corrected chi connectivity index (χ1v) is 11.4. The first-order chi connectivity index (χ1) is 13.9. The number of hydrogen-bond donors (Lipinski definition) is 2. The van der Waals surface area contributed by atoms with Gasteiger partial charge in [0.15, 0.2) is 0 Å². The molecule has 0 bridgehead atoms. The van der Waals surface area contributed by atoms with E-state index < -0.39 is 16.1 Å². The molecule has 0 aliphatic carbocycles. The van der Waals surface area contributed by atoms with Gasteiger partial charge in [0.05, 0.1) is 12.2 Å². The Morgan fingerprint density at radius 2 is 2.00 bits per heavy atom. The topological polar surface area (TPSA) is 112 Å². The fraction of sp³-hybridized carbons (Fsp3) is 0.263. The van der Waals surface area contributed by atoms with Crippen molar-refractivity contribution in [2.24, 2.45) is 5.73 Å². The van der Waals surface area contributed by atoms with Gasteiger partial charge in [-0.3, -0.25) is 9.88 Å². The zero-order chi connectivity index (χ0) is 20.6. The summed E-state index contributed by atoms with van der Waals surface area (Å²) in [6, 6.07) is 9.86. The van der Waals surface area contributed by atoms with Gasteiger partial charge >= 0.3 is 6.03 Å². The van der Waals surface area contributed by atoms with Gasteiger partial charge in [-0.05, 0) is 43.2 Å². The highest BCUT2D eigenvalue weighted by atomic mass is 79.9. The Morgan fingerprint density at radius 3 is 2.66 bits per heavy atom. The average Bonchev–Trinajstić information content (AvgIpc) is 3.35. The fourth-order valence-electron chi connectivity index (χ4n) is 3.55. The molecule has 3 aromatic rings. The molecule has 0 atom stereocenters. The van der Waals surface area contributed by atoms with Crippen molar-refractivity contribution >= 4 is 48.7 Å². The molecule has 1 saturated heterocycles. The largest absolute Gasteiger partial charge is 0.351 e. The third-order valence-corrected chi connectivity index (χ3v) is 7.41. The molecule has 2 aromatic heterocycles. The van der Waals surface area contributed by atoms with Crippen molar-refractivity contribution in [1.82, 2.24) is 14.3 Å². The van der Waals surface area contributed by atoms with Crippen LogP contribution in [0.4, 0.5) is 10.6 Å². The van der Waals surface area contributed by atoms with E-state index in [1.165, 1.54) is 9.21 Å². The van der Waals surface area contributed by atoms with Crippen molar-refractivity contribution in [2.45, 2.75) is 24.3 Å². The van der Waals surface area contributed by atoms with Crippen LogP contribution in [0.25, 0.3) is 10.9 Å². The zero-order valence-corrected chi connectivity index (χ0v) is 17.9. The van der Waals surface area contributed by atoms with Crippen LogP contribution in [-0.4, -0.2) is 41.8 Å². The Labute approximate surface area is 176 Å². The number of hydrogen-bond acceptors (Lipinski definition) is 4. The number of fused-ring (bicyclic) bond motifs is 1. The first-order valence-electron chi connectivity index (χ1n) is 9.16. The summed E-state index contributed by atoms with van der Waals surface area (Å²) >= 11 is 3.41. The highest BCUT2D eigenvalue weighted by Crippen LogP contribution is 2.37. The van der Waals surface area contributed by atoms with Gasteiger partial charge in [-0.2, -0.15) is 4.31 Å². The van der Waals surface area contributed by atoms with Gasteiger partial charge in [0.2, 0.25) is 10.0 Å². The number of primary amides is 1. The first kappa shape index (κ1) is 19.9. The number of nitrogens with one attached hydrogen (secondary N) is 1. The number of carbonyl (C=O) groups is 1. The van der Waals surface area contributed by atoms with Crippen molar-refractivity contribution < 1.29 is 13.2 Å².